The van der Waals surface area contributed by atoms with Crippen LogP contribution in [-0.2, 0) is 11.2 Å². The highest BCUT2D eigenvalue weighted by atomic mass is 19.1. The number of nitrogens with zero attached hydrogens (tertiary/aromatic N) is 1. The summed E-state index contributed by atoms with van der Waals surface area (Å²) in [5.41, 5.74) is 0.413. The van der Waals surface area contributed by atoms with Crippen LogP contribution in [0.1, 0.15) is 28.4 Å². The molecule has 0 heterocycles. The number of methoxy groups -OCH3 is 1. The number of hydrogen-bond donors (Lipinski definition) is 0. The lowest BCUT2D eigenvalue weighted by molar-refractivity contribution is 0.0600. The summed E-state index contributed by atoms with van der Waals surface area (Å²) in [6.07, 6.45) is 0.422. The third kappa shape index (κ3) is 2.13. The van der Waals surface area contributed by atoms with Crippen molar-refractivity contribution in [3.63, 3.8) is 0 Å². The van der Waals surface area contributed by atoms with Crippen LogP contribution >= 0.6 is 0 Å². The maximum absolute atomic E-state index is 13.4. The molecule has 0 fully saturated rings. The van der Waals surface area contributed by atoms with Gasteiger partial charge < -0.3 is 4.74 Å². The van der Waals surface area contributed by atoms with Crippen molar-refractivity contribution in [3.05, 3.63) is 34.6 Å². The fraction of sp³-hybridized carbons (Fsp3) is 0.273. The summed E-state index contributed by atoms with van der Waals surface area (Å²) < 4.78 is 18.0. The molecule has 0 aromatic heterocycles. The number of carbonyl (C=O) groups excluding carboxylic acids is 1. The molecule has 0 saturated carbocycles. The summed E-state index contributed by atoms with van der Waals surface area (Å²) in [4.78, 5) is 11.2. The Kier molecular flexibility index (Phi) is 3.40. The average molecular weight is 207 g/mol. The van der Waals surface area contributed by atoms with E-state index in [1.54, 1.807) is 13.0 Å². The molecule has 0 aliphatic heterocycles. The molecule has 0 N–H and O–H groups in total. The van der Waals surface area contributed by atoms with Gasteiger partial charge in [-0.25, -0.2) is 9.18 Å². The fourth-order valence-electron chi connectivity index (χ4n) is 1.26. The van der Waals surface area contributed by atoms with Gasteiger partial charge in [0.15, 0.2) is 0 Å². The van der Waals surface area contributed by atoms with Crippen LogP contribution in [0, 0.1) is 17.1 Å². The Morgan fingerprint density at radius 3 is 2.73 bits per heavy atom. The first-order chi connectivity index (χ1) is 7.13. The van der Waals surface area contributed by atoms with Crippen LogP contribution in [0.5, 0.6) is 0 Å². The lowest BCUT2D eigenvalue weighted by Gasteiger charge is -2.05. The molecule has 78 valence electrons. The zero-order chi connectivity index (χ0) is 11.4. The quantitative estimate of drug-likeness (QED) is 0.697. The average Bonchev–Trinajstić information content (AvgIpc) is 2.28. The van der Waals surface area contributed by atoms with Gasteiger partial charge in [-0.2, -0.15) is 5.26 Å². The molecule has 0 aliphatic rings. The highest BCUT2D eigenvalue weighted by Crippen LogP contribution is 2.17. The molecule has 3 nitrogen and oxygen atoms in total. The summed E-state index contributed by atoms with van der Waals surface area (Å²) >= 11 is 0. The van der Waals surface area contributed by atoms with Gasteiger partial charge in [0.1, 0.15) is 11.9 Å². The Morgan fingerprint density at radius 2 is 2.27 bits per heavy atom. The van der Waals surface area contributed by atoms with E-state index in [9.17, 15) is 9.18 Å². The molecule has 4 heteroatoms. The second-order valence-electron chi connectivity index (χ2n) is 2.95. The summed E-state index contributed by atoms with van der Waals surface area (Å²) in [5, 5.41) is 8.68. The van der Waals surface area contributed by atoms with Crippen LogP contribution in [0.3, 0.4) is 0 Å². The number of rotatable bonds is 2. The van der Waals surface area contributed by atoms with E-state index in [2.05, 4.69) is 4.74 Å². The van der Waals surface area contributed by atoms with E-state index in [1.165, 1.54) is 19.2 Å². The van der Waals surface area contributed by atoms with E-state index in [0.29, 0.717) is 12.0 Å². The largest absolute Gasteiger partial charge is 0.465 e. The van der Waals surface area contributed by atoms with Gasteiger partial charge in [0, 0.05) is 0 Å². The molecule has 0 bridgehead atoms. The number of halogens is 1. The Labute approximate surface area is 87.1 Å². The summed E-state index contributed by atoms with van der Waals surface area (Å²) in [7, 11) is 1.24. The van der Waals surface area contributed by atoms with Gasteiger partial charge in [-0.05, 0) is 24.1 Å². The third-order valence-corrected chi connectivity index (χ3v) is 2.07. The maximum Gasteiger partial charge on any atom is 0.337 e. The molecule has 15 heavy (non-hydrogen) atoms. The zero-order valence-corrected chi connectivity index (χ0v) is 8.50. The molecule has 0 unspecified atom stereocenters. The number of aryl methyl sites for hydroxylation is 1. The van der Waals surface area contributed by atoms with Crippen LogP contribution in [0.15, 0.2) is 12.1 Å². The molecule has 0 atom stereocenters. The van der Waals surface area contributed by atoms with Gasteiger partial charge in [-0.15, -0.1) is 0 Å². The van der Waals surface area contributed by atoms with Gasteiger partial charge in [-0.3, -0.25) is 0 Å². The first-order valence-electron chi connectivity index (χ1n) is 4.44. The highest BCUT2D eigenvalue weighted by molar-refractivity contribution is 5.90. The van der Waals surface area contributed by atoms with Crippen molar-refractivity contribution in [2.24, 2.45) is 0 Å². The smallest absolute Gasteiger partial charge is 0.337 e. The van der Waals surface area contributed by atoms with Crippen molar-refractivity contribution in [3.8, 4) is 6.07 Å². The molecule has 1 rings (SSSR count). The van der Waals surface area contributed by atoms with E-state index in [1.807, 2.05) is 0 Å². The SMILES string of the molecule is CCc1cc(C(=O)OC)cc(C#N)c1F. The van der Waals surface area contributed by atoms with Gasteiger partial charge in [0.2, 0.25) is 0 Å². The number of hydrogen-bond acceptors (Lipinski definition) is 3. The lowest BCUT2D eigenvalue weighted by Crippen LogP contribution is -2.04. The highest BCUT2D eigenvalue weighted by Gasteiger charge is 2.13. The van der Waals surface area contributed by atoms with E-state index in [-0.39, 0.29) is 11.1 Å². The lowest BCUT2D eigenvalue weighted by atomic mass is 10.0. The van der Waals surface area contributed by atoms with Crippen LogP contribution in [0.2, 0.25) is 0 Å². The monoisotopic (exact) mass is 207 g/mol. The van der Waals surface area contributed by atoms with Gasteiger partial charge in [0.05, 0.1) is 18.2 Å². The molecule has 0 aliphatic carbocycles. The molecule has 1 aromatic carbocycles. The number of esters is 1. The first kappa shape index (κ1) is 11.2. The number of benzene rings is 1. The van der Waals surface area contributed by atoms with Crippen LogP contribution in [0.25, 0.3) is 0 Å². The molecule has 0 saturated heterocycles. The maximum atomic E-state index is 13.4. The Balaban J connectivity index is 3.34. The second kappa shape index (κ2) is 4.56. The standard InChI is InChI=1S/C11H10FNO2/c1-3-7-4-8(11(14)15-2)5-9(6-13)10(7)12/h4-5H,3H2,1-2H3. The third-order valence-electron chi connectivity index (χ3n) is 2.07. The predicted octanol–water partition coefficient (Wildman–Crippen LogP) is 2.05. The van der Waals surface area contributed by atoms with E-state index >= 15 is 0 Å². The molecule has 0 amide bonds. The Morgan fingerprint density at radius 1 is 1.60 bits per heavy atom. The van der Waals surface area contributed by atoms with Crippen molar-refractivity contribution in [2.45, 2.75) is 13.3 Å². The second-order valence-corrected chi connectivity index (χ2v) is 2.95. The fourth-order valence-corrected chi connectivity index (χ4v) is 1.26. The van der Waals surface area contributed by atoms with Crippen molar-refractivity contribution in [1.82, 2.24) is 0 Å². The summed E-state index contributed by atoms with van der Waals surface area (Å²) in [6, 6.07) is 4.31. The summed E-state index contributed by atoms with van der Waals surface area (Å²) in [5.74, 6) is -1.13. The predicted molar refractivity (Wildman–Crippen MR) is 51.8 cm³/mol. The van der Waals surface area contributed by atoms with Crippen LogP contribution in [-0.4, -0.2) is 13.1 Å². The number of carbonyl (C=O) groups is 1. The minimum Gasteiger partial charge on any atom is -0.465 e. The van der Waals surface area contributed by atoms with Crippen LogP contribution < -0.4 is 0 Å². The van der Waals surface area contributed by atoms with Crippen molar-refractivity contribution in [1.29, 1.82) is 5.26 Å². The van der Waals surface area contributed by atoms with Crippen molar-refractivity contribution < 1.29 is 13.9 Å². The van der Waals surface area contributed by atoms with Crippen molar-refractivity contribution >= 4 is 5.97 Å². The molecular formula is C11H10FNO2. The molecular weight excluding hydrogens is 197 g/mol. The Bertz CT molecular complexity index is 435. The Hall–Kier alpha value is -1.89. The minimum atomic E-state index is -0.568. The van der Waals surface area contributed by atoms with E-state index < -0.39 is 11.8 Å². The normalized spacial score (nSPS) is 9.47. The van der Waals surface area contributed by atoms with E-state index in [4.69, 9.17) is 5.26 Å². The zero-order valence-electron chi connectivity index (χ0n) is 8.50. The number of nitriles is 1. The van der Waals surface area contributed by atoms with Gasteiger partial charge >= 0.3 is 5.97 Å². The summed E-state index contributed by atoms with van der Waals surface area (Å²) in [6.45, 7) is 1.75. The van der Waals surface area contributed by atoms with Gasteiger partial charge in [0.25, 0.3) is 0 Å². The van der Waals surface area contributed by atoms with Gasteiger partial charge in [-0.1, -0.05) is 6.92 Å². The minimum absolute atomic E-state index is 0.130. The molecule has 0 radical (unpaired) electrons. The first-order valence-corrected chi connectivity index (χ1v) is 4.44. The molecule has 0 spiro atoms. The van der Waals surface area contributed by atoms with Crippen LogP contribution in [0.4, 0.5) is 4.39 Å². The topological polar surface area (TPSA) is 50.1 Å². The molecule has 1 aromatic rings. The number of ether oxygens (including phenoxy) is 1. The van der Waals surface area contributed by atoms with Crippen molar-refractivity contribution in [2.75, 3.05) is 7.11 Å². The van der Waals surface area contributed by atoms with E-state index in [0.717, 1.165) is 0 Å².